The number of rotatable bonds is 4. The van der Waals surface area contributed by atoms with E-state index < -0.39 is 22.0 Å². The monoisotopic (exact) mass is 271 g/mol. The lowest BCUT2D eigenvalue weighted by Gasteiger charge is -2.16. The fourth-order valence-corrected chi connectivity index (χ4v) is 3.89. The molecule has 18 heavy (non-hydrogen) atoms. The predicted molar refractivity (Wildman–Crippen MR) is 68.3 cm³/mol. The van der Waals surface area contributed by atoms with Gasteiger partial charge in [0.2, 0.25) is 0 Å². The molecule has 0 radical (unpaired) electrons. The Balaban J connectivity index is 2.00. The van der Waals surface area contributed by atoms with Crippen molar-refractivity contribution in [2.45, 2.75) is 18.7 Å². The summed E-state index contributed by atoms with van der Waals surface area (Å²) in [7, 11) is -1.52. The van der Waals surface area contributed by atoms with E-state index >= 15 is 0 Å². The van der Waals surface area contributed by atoms with Gasteiger partial charge in [-0.1, -0.05) is 18.2 Å². The lowest BCUT2D eigenvalue weighted by Crippen LogP contribution is -2.38. The molecule has 0 aromatic heterocycles. The minimum atomic E-state index is -3.11. The molecule has 100 valence electrons. The Morgan fingerprint density at radius 1 is 1.39 bits per heavy atom. The maximum atomic E-state index is 11.4. The third kappa shape index (κ3) is 3.01. The Labute approximate surface area is 107 Å². The van der Waals surface area contributed by atoms with Gasteiger partial charge < -0.3 is 15.2 Å². The molecule has 1 aromatic carbocycles. The van der Waals surface area contributed by atoms with Gasteiger partial charge in [0, 0.05) is 18.2 Å². The van der Waals surface area contributed by atoms with Crippen LogP contribution in [0.15, 0.2) is 24.3 Å². The lowest BCUT2D eigenvalue weighted by molar-refractivity contribution is 0.165. The van der Waals surface area contributed by atoms with E-state index in [1.165, 1.54) is 0 Å². The van der Waals surface area contributed by atoms with Crippen molar-refractivity contribution in [3.63, 3.8) is 0 Å². The van der Waals surface area contributed by atoms with Gasteiger partial charge in [0.05, 0.1) is 24.7 Å². The maximum absolute atomic E-state index is 11.4. The fourth-order valence-electron chi connectivity index (χ4n) is 2.11. The SMILES string of the molecule is COc1ccccc1CN[C@H]1CS(=O)(=O)C[C@H]1O. The Morgan fingerprint density at radius 2 is 2.11 bits per heavy atom. The zero-order chi connectivity index (χ0) is 13.2. The van der Waals surface area contributed by atoms with Crippen molar-refractivity contribution in [2.24, 2.45) is 0 Å². The van der Waals surface area contributed by atoms with Crippen LogP contribution in [0.2, 0.25) is 0 Å². The van der Waals surface area contributed by atoms with Crippen LogP contribution in [0.25, 0.3) is 0 Å². The van der Waals surface area contributed by atoms with Crippen LogP contribution in [0.5, 0.6) is 5.75 Å². The fraction of sp³-hybridized carbons (Fsp3) is 0.500. The highest BCUT2D eigenvalue weighted by molar-refractivity contribution is 7.91. The molecular formula is C12H17NO4S. The van der Waals surface area contributed by atoms with Crippen molar-refractivity contribution in [1.29, 1.82) is 0 Å². The Morgan fingerprint density at radius 3 is 2.72 bits per heavy atom. The first-order chi connectivity index (χ1) is 8.52. The predicted octanol–water partition coefficient (Wildman–Crippen LogP) is -0.0573. The molecule has 2 atom stereocenters. The molecular weight excluding hydrogens is 254 g/mol. The van der Waals surface area contributed by atoms with E-state index in [2.05, 4.69) is 5.32 Å². The number of benzene rings is 1. The standard InChI is InChI=1S/C12H17NO4S/c1-17-12-5-3-2-4-9(12)6-13-10-7-18(15,16)8-11(10)14/h2-5,10-11,13-14H,6-8H2,1H3/t10-,11+/m0/s1. The van der Waals surface area contributed by atoms with Crippen LogP contribution in [-0.4, -0.2) is 44.3 Å². The summed E-state index contributed by atoms with van der Waals surface area (Å²) in [6.07, 6.45) is -0.829. The number of sulfone groups is 1. The van der Waals surface area contributed by atoms with Gasteiger partial charge in [-0.2, -0.15) is 0 Å². The number of ether oxygens (including phenoxy) is 1. The summed E-state index contributed by atoms with van der Waals surface area (Å²) in [4.78, 5) is 0. The number of hydrogen-bond donors (Lipinski definition) is 2. The number of methoxy groups -OCH3 is 1. The molecule has 0 aliphatic carbocycles. The van der Waals surface area contributed by atoms with Gasteiger partial charge >= 0.3 is 0 Å². The summed E-state index contributed by atoms with van der Waals surface area (Å²) in [5.74, 6) is 0.584. The number of hydrogen-bond acceptors (Lipinski definition) is 5. The highest BCUT2D eigenvalue weighted by Crippen LogP contribution is 2.18. The minimum absolute atomic E-state index is 0.0106. The average Bonchev–Trinajstić information content (AvgIpc) is 2.60. The van der Waals surface area contributed by atoms with Crippen LogP contribution in [0, 0.1) is 0 Å². The van der Waals surface area contributed by atoms with E-state index in [1.54, 1.807) is 7.11 Å². The van der Waals surface area contributed by atoms with Crippen molar-refractivity contribution in [1.82, 2.24) is 5.32 Å². The molecule has 6 heteroatoms. The first-order valence-corrected chi connectivity index (χ1v) is 7.58. The molecule has 0 spiro atoms. The smallest absolute Gasteiger partial charge is 0.154 e. The third-order valence-corrected chi connectivity index (χ3v) is 4.79. The summed E-state index contributed by atoms with van der Waals surface area (Å²) in [6.45, 7) is 0.473. The second-order valence-corrected chi connectivity index (χ2v) is 6.60. The van der Waals surface area contributed by atoms with Crippen LogP contribution in [0.1, 0.15) is 5.56 Å². The molecule has 1 aliphatic rings. The molecule has 1 aromatic rings. The van der Waals surface area contributed by atoms with Crippen molar-refractivity contribution in [3.8, 4) is 5.75 Å². The van der Waals surface area contributed by atoms with Crippen molar-refractivity contribution >= 4 is 9.84 Å². The molecule has 2 N–H and O–H groups in total. The van der Waals surface area contributed by atoms with E-state index in [0.717, 1.165) is 11.3 Å². The number of nitrogens with one attached hydrogen (secondary N) is 1. The van der Waals surface area contributed by atoms with Crippen LogP contribution < -0.4 is 10.1 Å². The second kappa shape index (κ2) is 5.26. The van der Waals surface area contributed by atoms with Gasteiger partial charge in [0.15, 0.2) is 9.84 Å². The van der Waals surface area contributed by atoms with Crippen molar-refractivity contribution in [2.75, 3.05) is 18.6 Å². The quantitative estimate of drug-likeness (QED) is 0.802. The van der Waals surface area contributed by atoms with Crippen LogP contribution in [0.4, 0.5) is 0 Å². The van der Waals surface area contributed by atoms with Gasteiger partial charge in [0.25, 0.3) is 0 Å². The number of aliphatic hydroxyl groups excluding tert-OH is 1. The molecule has 2 rings (SSSR count). The van der Waals surface area contributed by atoms with E-state index in [1.807, 2.05) is 24.3 Å². The van der Waals surface area contributed by atoms with Gasteiger partial charge in [-0.05, 0) is 6.07 Å². The molecule has 0 amide bonds. The normalized spacial score (nSPS) is 26.1. The molecule has 0 saturated carbocycles. The molecule has 1 aliphatic heterocycles. The van der Waals surface area contributed by atoms with Gasteiger partial charge in [-0.15, -0.1) is 0 Å². The third-order valence-electron chi connectivity index (χ3n) is 3.07. The van der Waals surface area contributed by atoms with Crippen LogP contribution >= 0.6 is 0 Å². The zero-order valence-corrected chi connectivity index (χ0v) is 11.0. The van der Waals surface area contributed by atoms with Crippen LogP contribution in [-0.2, 0) is 16.4 Å². The van der Waals surface area contributed by atoms with E-state index in [-0.39, 0.29) is 11.5 Å². The van der Waals surface area contributed by atoms with E-state index in [9.17, 15) is 13.5 Å². The van der Waals surface area contributed by atoms with E-state index in [4.69, 9.17) is 4.74 Å². The maximum Gasteiger partial charge on any atom is 0.154 e. The topological polar surface area (TPSA) is 75.6 Å². The summed E-state index contributed by atoms with van der Waals surface area (Å²) in [6, 6.07) is 7.11. The highest BCUT2D eigenvalue weighted by atomic mass is 32.2. The lowest BCUT2D eigenvalue weighted by atomic mass is 10.1. The minimum Gasteiger partial charge on any atom is -0.496 e. The van der Waals surface area contributed by atoms with Gasteiger partial charge in [-0.25, -0.2) is 8.42 Å². The molecule has 1 heterocycles. The summed E-state index contributed by atoms with van der Waals surface area (Å²) >= 11 is 0. The summed E-state index contributed by atoms with van der Waals surface area (Å²) in [5.41, 5.74) is 0.941. The second-order valence-electron chi connectivity index (χ2n) is 4.44. The van der Waals surface area contributed by atoms with Crippen molar-refractivity contribution in [3.05, 3.63) is 29.8 Å². The Kier molecular flexibility index (Phi) is 3.89. The van der Waals surface area contributed by atoms with E-state index in [0.29, 0.717) is 6.54 Å². The molecule has 0 unspecified atom stereocenters. The zero-order valence-electron chi connectivity index (χ0n) is 10.2. The molecule has 5 nitrogen and oxygen atoms in total. The molecule has 0 bridgehead atoms. The summed E-state index contributed by atoms with van der Waals surface area (Å²) in [5, 5.41) is 12.7. The average molecular weight is 271 g/mol. The number of aliphatic hydroxyl groups is 1. The molecule has 1 fully saturated rings. The Bertz CT molecular complexity index is 515. The van der Waals surface area contributed by atoms with Gasteiger partial charge in [0.1, 0.15) is 5.75 Å². The van der Waals surface area contributed by atoms with Gasteiger partial charge in [-0.3, -0.25) is 0 Å². The number of para-hydroxylation sites is 1. The first-order valence-electron chi connectivity index (χ1n) is 5.75. The first kappa shape index (κ1) is 13.3. The largest absolute Gasteiger partial charge is 0.496 e. The highest BCUT2D eigenvalue weighted by Gasteiger charge is 2.35. The Hall–Kier alpha value is -1.11. The van der Waals surface area contributed by atoms with Crippen molar-refractivity contribution < 1.29 is 18.3 Å². The molecule has 1 saturated heterocycles. The summed E-state index contributed by atoms with van der Waals surface area (Å²) < 4.78 is 27.9. The van der Waals surface area contributed by atoms with Crippen LogP contribution in [0.3, 0.4) is 0 Å².